The molecule has 1 heterocycles. The molecule has 0 spiro atoms. The van der Waals surface area contributed by atoms with E-state index >= 15 is 0 Å². The van der Waals surface area contributed by atoms with Crippen molar-refractivity contribution in [2.45, 2.75) is 12.1 Å². The predicted octanol–water partition coefficient (Wildman–Crippen LogP) is 2.48. The van der Waals surface area contributed by atoms with Crippen LogP contribution >= 0.6 is 11.8 Å². The van der Waals surface area contributed by atoms with Gasteiger partial charge in [0.05, 0.1) is 5.75 Å². The molecule has 0 atom stereocenters. The van der Waals surface area contributed by atoms with Crippen LogP contribution in [0.2, 0.25) is 0 Å². The number of halogens is 1. The molecule has 3 rings (SSSR count). The van der Waals surface area contributed by atoms with E-state index in [1.807, 2.05) is 42.8 Å². The van der Waals surface area contributed by atoms with Crippen LogP contribution in [-0.2, 0) is 11.8 Å². The summed E-state index contributed by atoms with van der Waals surface area (Å²) < 4.78 is 14.7. The fourth-order valence-electron chi connectivity index (χ4n) is 2.47. The number of amides is 2. The Morgan fingerprint density at radius 1 is 1.07 bits per heavy atom. The van der Waals surface area contributed by atoms with E-state index in [0.717, 1.165) is 11.1 Å². The van der Waals surface area contributed by atoms with Crippen molar-refractivity contribution in [3.8, 4) is 11.4 Å². The summed E-state index contributed by atoms with van der Waals surface area (Å²) >= 11 is 1.20. The maximum atomic E-state index is 12.9. The Hall–Kier alpha value is -3.20. The van der Waals surface area contributed by atoms with Gasteiger partial charge in [-0.05, 0) is 36.8 Å². The van der Waals surface area contributed by atoms with Crippen LogP contribution in [0.5, 0.6) is 0 Å². The van der Waals surface area contributed by atoms with Crippen molar-refractivity contribution in [1.82, 2.24) is 25.6 Å². The van der Waals surface area contributed by atoms with E-state index < -0.39 is 17.6 Å². The molecule has 0 aliphatic heterocycles. The summed E-state index contributed by atoms with van der Waals surface area (Å²) in [6.07, 6.45) is 0. The Morgan fingerprint density at radius 3 is 2.50 bits per heavy atom. The molecule has 0 fully saturated rings. The number of rotatable bonds is 5. The van der Waals surface area contributed by atoms with Gasteiger partial charge in [0.2, 0.25) is 5.91 Å². The highest BCUT2D eigenvalue weighted by Gasteiger charge is 2.14. The molecule has 9 heteroatoms. The maximum absolute atomic E-state index is 12.9. The van der Waals surface area contributed by atoms with Crippen LogP contribution in [0, 0.1) is 12.7 Å². The molecule has 7 nitrogen and oxygen atoms in total. The van der Waals surface area contributed by atoms with Crippen molar-refractivity contribution in [3.63, 3.8) is 0 Å². The number of aromatic nitrogens is 3. The molecule has 0 unspecified atom stereocenters. The molecule has 2 N–H and O–H groups in total. The van der Waals surface area contributed by atoms with Gasteiger partial charge in [-0.15, -0.1) is 10.2 Å². The van der Waals surface area contributed by atoms with E-state index in [0.29, 0.717) is 11.0 Å². The standard InChI is InChI=1S/C19H18FN5O2S/c1-12-5-3-4-6-15(12)17-22-24-19(25(17)2)28-11-16(26)21-23-18(27)13-7-9-14(20)10-8-13/h3-10H,11H2,1-2H3,(H,21,26)(H,23,27). The van der Waals surface area contributed by atoms with Crippen molar-refractivity contribution >= 4 is 23.6 Å². The highest BCUT2D eigenvalue weighted by atomic mass is 32.2. The van der Waals surface area contributed by atoms with Crippen LogP contribution in [0.15, 0.2) is 53.7 Å². The maximum Gasteiger partial charge on any atom is 0.269 e. The Kier molecular flexibility index (Phi) is 6.05. The quantitative estimate of drug-likeness (QED) is 0.508. The first-order valence-corrected chi connectivity index (χ1v) is 9.37. The summed E-state index contributed by atoms with van der Waals surface area (Å²) in [6.45, 7) is 1.99. The third-order valence-corrected chi connectivity index (χ3v) is 5.00. The third kappa shape index (κ3) is 4.55. The number of benzene rings is 2. The SMILES string of the molecule is Cc1ccccc1-c1nnc(SCC(=O)NNC(=O)c2ccc(F)cc2)n1C. The number of nitrogens with zero attached hydrogens (tertiary/aromatic N) is 3. The van der Waals surface area contributed by atoms with Crippen molar-refractivity contribution in [2.75, 3.05) is 5.75 Å². The molecule has 0 aliphatic carbocycles. The molecule has 0 aliphatic rings. The molecule has 3 aromatic rings. The second-order valence-electron chi connectivity index (χ2n) is 5.98. The topological polar surface area (TPSA) is 88.9 Å². The fraction of sp³-hybridized carbons (Fsp3) is 0.158. The van der Waals surface area contributed by atoms with Gasteiger partial charge in [-0.3, -0.25) is 20.4 Å². The van der Waals surface area contributed by atoms with Gasteiger partial charge in [0.25, 0.3) is 5.91 Å². The number of hydrogen-bond acceptors (Lipinski definition) is 5. The molecule has 0 bridgehead atoms. The molecule has 2 aromatic carbocycles. The number of hydrazine groups is 1. The van der Waals surface area contributed by atoms with Crippen LogP contribution in [-0.4, -0.2) is 32.3 Å². The zero-order valence-corrected chi connectivity index (χ0v) is 16.1. The summed E-state index contributed by atoms with van der Waals surface area (Å²) in [5, 5.41) is 8.92. The molecule has 144 valence electrons. The molecule has 1 aromatic heterocycles. The lowest BCUT2D eigenvalue weighted by Gasteiger charge is -2.08. The monoisotopic (exact) mass is 399 g/mol. The largest absolute Gasteiger partial charge is 0.305 e. The van der Waals surface area contributed by atoms with Crippen molar-refractivity contribution < 1.29 is 14.0 Å². The molecule has 2 amide bonds. The number of aryl methyl sites for hydroxylation is 1. The van der Waals surface area contributed by atoms with Gasteiger partial charge < -0.3 is 4.57 Å². The minimum absolute atomic E-state index is 0.0451. The van der Waals surface area contributed by atoms with E-state index in [1.165, 1.54) is 36.0 Å². The number of nitrogens with one attached hydrogen (secondary N) is 2. The average molecular weight is 399 g/mol. The van der Waals surface area contributed by atoms with Crippen molar-refractivity contribution in [2.24, 2.45) is 7.05 Å². The van der Waals surface area contributed by atoms with Crippen LogP contribution in [0.3, 0.4) is 0 Å². The summed E-state index contributed by atoms with van der Waals surface area (Å²) in [5.41, 5.74) is 6.91. The minimum Gasteiger partial charge on any atom is -0.305 e. The van der Waals surface area contributed by atoms with E-state index in [2.05, 4.69) is 21.0 Å². The summed E-state index contributed by atoms with van der Waals surface area (Å²) in [6, 6.07) is 12.9. The summed E-state index contributed by atoms with van der Waals surface area (Å²) in [5.74, 6) is -0.611. The van der Waals surface area contributed by atoms with Crippen molar-refractivity contribution in [3.05, 3.63) is 65.5 Å². The van der Waals surface area contributed by atoms with Gasteiger partial charge in [-0.1, -0.05) is 36.0 Å². The lowest BCUT2D eigenvalue weighted by Crippen LogP contribution is -2.42. The number of thioether (sulfide) groups is 1. The zero-order chi connectivity index (χ0) is 20.1. The molecular formula is C19H18FN5O2S. The minimum atomic E-state index is -0.529. The van der Waals surface area contributed by atoms with Crippen molar-refractivity contribution in [1.29, 1.82) is 0 Å². The Labute approximate surface area is 165 Å². The first-order chi connectivity index (χ1) is 13.5. The Morgan fingerprint density at radius 2 is 1.79 bits per heavy atom. The van der Waals surface area contributed by atoms with Gasteiger partial charge in [0, 0.05) is 18.2 Å². The first kappa shape index (κ1) is 19.6. The van der Waals surface area contributed by atoms with Crippen LogP contribution in [0.4, 0.5) is 4.39 Å². The molecule has 0 saturated carbocycles. The summed E-state index contributed by atoms with van der Waals surface area (Å²) in [4.78, 5) is 23.9. The van der Waals surface area contributed by atoms with E-state index in [-0.39, 0.29) is 11.3 Å². The number of carbonyl (C=O) groups is 2. The second-order valence-corrected chi connectivity index (χ2v) is 6.92. The smallest absolute Gasteiger partial charge is 0.269 e. The van der Waals surface area contributed by atoms with Gasteiger partial charge >= 0.3 is 0 Å². The summed E-state index contributed by atoms with van der Waals surface area (Å²) in [7, 11) is 1.83. The van der Waals surface area contributed by atoms with Crippen LogP contribution < -0.4 is 10.9 Å². The molecule has 0 saturated heterocycles. The van der Waals surface area contributed by atoms with E-state index in [1.54, 1.807) is 0 Å². The second kappa shape index (κ2) is 8.66. The highest BCUT2D eigenvalue weighted by Crippen LogP contribution is 2.24. The number of carbonyl (C=O) groups excluding carboxylic acids is 2. The van der Waals surface area contributed by atoms with Gasteiger partial charge in [-0.25, -0.2) is 4.39 Å². The first-order valence-electron chi connectivity index (χ1n) is 8.38. The zero-order valence-electron chi connectivity index (χ0n) is 15.3. The van der Waals surface area contributed by atoms with Crippen LogP contribution in [0.25, 0.3) is 11.4 Å². The van der Waals surface area contributed by atoms with Gasteiger partial charge in [-0.2, -0.15) is 0 Å². The Bertz CT molecular complexity index is 1000. The molecule has 28 heavy (non-hydrogen) atoms. The lowest BCUT2D eigenvalue weighted by atomic mass is 10.1. The average Bonchev–Trinajstić information content (AvgIpc) is 3.05. The Balaban J connectivity index is 1.54. The normalized spacial score (nSPS) is 10.5. The van der Waals surface area contributed by atoms with Crippen LogP contribution in [0.1, 0.15) is 15.9 Å². The third-order valence-electron chi connectivity index (χ3n) is 3.98. The highest BCUT2D eigenvalue weighted by molar-refractivity contribution is 7.99. The van der Waals surface area contributed by atoms with E-state index in [9.17, 15) is 14.0 Å². The molecule has 0 radical (unpaired) electrons. The fourth-order valence-corrected chi connectivity index (χ4v) is 3.18. The van der Waals surface area contributed by atoms with E-state index in [4.69, 9.17) is 0 Å². The number of hydrogen-bond donors (Lipinski definition) is 2. The molecular weight excluding hydrogens is 381 g/mol. The lowest BCUT2D eigenvalue weighted by molar-refractivity contribution is -0.119. The van der Waals surface area contributed by atoms with Gasteiger partial charge in [0.1, 0.15) is 5.82 Å². The van der Waals surface area contributed by atoms with Gasteiger partial charge in [0.15, 0.2) is 11.0 Å². The predicted molar refractivity (Wildman–Crippen MR) is 104 cm³/mol.